The molecule has 0 heterocycles. The second-order valence-electron chi connectivity index (χ2n) is 8.56. The van der Waals surface area contributed by atoms with Crippen LogP contribution in [-0.2, 0) is 6.42 Å². The predicted molar refractivity (Wildman–Crippen MR) is 117 cm³/mol. The van der Waals surface area contributed by atoms with E-state index in [1.54, 1.807) is 12.1 Å². The van der Waals surface area contributed by atoms with Crippen LogP contribution in [0.2, 0.25) is 0 Å². The fourth-order valence-corrected chi connectivity index (χ4v) is 5.81. The molecule has 0 aromatic heterocycles. The monoisotopic (exact) mass is 409 g/mol. The standard InChI is InChI=1S/C25H29FNOP/c26-23-11-6-12-24(22(23)16-27)28-25-20-10-5-4-7-17(20)13-14-21(25)18-8-2-1-3-9-19(29)15-18/h4-7,10-12,18-19,21,25H,1-3,8-9,13-15,29H2. The zero-order valence-electron chi connectivity index (χ0n) is 16.8. The molecule has 0 amide bonds. The minimum Gasteiger partial charge on any atom is -0.484 e. The number of nitriles is 1. The van der Waals surface area contributed by atoms with Crippen LogP contribution in [0.4, 0.5) is 4.39 Å². The number of halogens is 1. The Balaban J connectivity index is 1.69. The summed E-state index contributed by atoms with van der Waals surface area (Å²) in [5.74, 6) is 0.838. The highest BCUT2D eigenvalue weighted by molar-refractivity contribution is 7.17. The second-order valence-corrected chi connectivity index (χ2v) is 9.50. The molecule has 5 atom stereocenters. The van der Waals surface area contributed by atoms with Crippen LogP contribution >= 0.6 is 9.24 Å². The van der Waals surface area contributed by atoms with Gasteiger partial charge < -0.3 is 4.74 Å². The van der Waals surface area contributed by atoms with Gasteiger partial charge in [0, 0.05) is 5.92 Å². The molecule has 29 heavy (non-hydrogen) atoms. The first-order valence-electron chi connectivity index (χ1n) is 10.9. The van der Waals surface area contributed by atoms with Crippen molar-refractivity contribution < 1.29 is 9.13 Å². The zero-order chi connectivity index (χ0) is 20.2. The van der Waals surface area contributed by atoms with Gasteiger partial charge in [-0.15, -0.1) is 9.24 Å². The number of benzene rings is 2. The highest BCUT2D eigenvalue weighted by atomic mass is 31.0. The molecule has 4 heteroatoms. The summed E-state index contributed by atoms with van der Waals surface area (Å²) in [4.78, 5) is 0. The lowest BCUT2D eigenvalue weighted by Gasteiger charge is -2.40. The van der Waals surface area contributed by atoms with E-state index in [-0.39, 0.29) is 11.7 Å². The predicted octanol–water partition coefficient (Wildman–Crippen LogP) is 6.59. The minimum absolute atomic E-state index is 0.0101. The van der Waals surface area contributed by atoms with Crippen molar-refractivity contribution in [2.24, 2.45) is 11.8 Å². The van der Waals surface area contributed by atoms with Gasteiger partial charge >= 0.3 is 0 Å². The maximum Gasteiger partial charge on any atom is 0.144 e. The van der Waals surface area contributed by atoms with Gasteiger partial charge in [-0.3, -0.25) is 0 Å². The zero-order valence-corrected chi connectivity index (χ0v) is 18.0. The number of ether oxygens (including phenoxy) is 1. The summed E-state index contributed by atoms with van der Waals surface area (Å²) in [6.07, 6.45) is 9.62. The molecule has 2 aromatic rings. The van der Waals surface area contributed by atoms with Crippen molar-refractivity contribution in [2.45, 2.75) is 63.1 Å². The van der Waals surface area contributed by atoms with Crippen molar-refractivity contribution in [1.29, 1.82) is 5.26 Å². The van der Waals surface area contributed by atoms with Crippen LogP contribution in [0.15, 0.2) is 42.5 Å². The first-order valence-corrected chi connectivity index (χ1v) is 11.5. The molecular weight excluding hydrogens is 380 g/mol. The minimum atomic E-state index is -0.512. The van der Waals surface area contributed by atoms with Crippen molar-refractivity contribution in [3.05, 3.63) is 65.0 Å². The van der Waals surface area contributed by atoms with Crippen LogP contribution in [0.25, 0.3) is 0 Å². The average Bonchev–Trinajstić information content (AvgIpc) is 2.71. The Hall–Kier alpha value is -1.91. The van der Waals surface area contributed by atoms with Crippen LogP contribution in [-0.4, -0.2) is 5.66 Å². The van der Waals surface area contributed by atoms with Crippen LogP contribution in [0.1, 0.15) is 67.7 Å². The highest BCUT2D eigenvalue weighted by Gasteiger charge is 2.37. The van der Waals surface area contributed by atoms with Crippen molar-refractivity contribution in [1.82, 2.24) is 0 Å². The fourth-order valence-electron chi connectivity index (χ4n) is 5.23. The molecule has 0 spiro atoms. The van der Waals surface area contributed by atoms with Crippen molar-refractivity contribution in [3.8, 4) is 11.8 Å². The van der Waals surface area contributed by atoms with Crippen molar-refractivity contribution in [2.75, 3.05) is 0 Å². The van der Waals surface area contributed by atoms with E-state index in [1.807, 2.05) is 6.07 Å². The van der Waals surface area contributed by atoms with Gasteiger partial charge in [-0.2, -0.15) is 5.26 Å². The van der Waals surface area contributed by atoms with E-state index in [4.69, 9.17) is 4.74 Å². The molecule has 2 aromatic carbocycles. The van der Waals surface area contributed by atoms with E-state index >= 15 is 0 Å². The second kappa shape index (κ2) is 9.27. The lowest BCUT2D eigenvalue weighted by molar-refractivity contribution is 0.0679. The first kappa shape index (κ1) is 20.4. The summed E-state index contributed by atoms with van der Waals surface area (Å²) < 4.78 is 20.7. The fraction of sp³-hybridized carbons (Fsp3) is 0.480. The maximum atomic E-state index is 14.2. The number of hydrogen-bond donors (Lipinski definition) is 0. The Bertz CT molecular complexity index is 893. The first-order chi connectivity index (χ1) is 14.2. The van der Waals surface area contributed by atoms with Crippen LogP contribution in [0.5, 0.6) is 5.75 Å². The van der Waals surface area contributed by atoms with Gasteiger partial charge in [0.15, 0.2) is 0 Å². The van der Waals surface area contributed by atoms with Gasteiger partial charge in [0.1, 0.15) is 29.3 Å². The Morgan fingerprint density at radius 2 is 1.83 bits per heavy atom. The molecule has 1 fully saturated rings. The number of nitrogens with zero attached hydrogens (tertiary/aromatic N) is 1. The van der Waals surface area contributed by atoms with Crippen LogP contribution in [0.3, 0.4) is 0 Å². The molecule has 0 bridgehead atoms. The Labute approximate surface area is 175 Å². The third kappa shape index (κ3) is 4.49. The Morgan fingerprint density at radius 3 is 2.69 bits per heavy atom. The summed E-state index contributed by atoms with van der Waals surface area (Å²) >= 11 is 0. The number of aryl methyl sites for hydroxylation is 1. The van der Waals surface area contributed by atoms with Crippen molar-refractivity contribution in [3.63, 3.8) is 0 Å². The molecule has 152 valence electrons. The largest absolute Gasteiger partial charge is 0.484 e. The maximum absolute atomic E-state index is 14.2. The van der Waals surface area contributed by atoms with E-state index in [0.29, 0.717) is 23.2 Å². The summed E-state index contributed by atoms with van der Waals surface area (Å²) in [5.41, 5.74) is 3.19. The number of rotatable bonds is 3. The molecule has 5 unspecified atom stereocenters. The smallest absolute Gasteiger partial charge is 0.144 e. The van der Waals surface area contributed by atoms with Gasteiger partial charge in [0.05, 0.1) is 0 Å². The van der Waals surface area contributed by atoms with E-state index in [2.05, 4.69) is 33.5 Å². The van der Waals surface area contributed by atoms with Gasteiger partial charge in [-0.25, -0.2) is 4.39 Å². The van der Waals surface area contributed by atoms with Gasteiger partial charge in [0.25, 0.3) is 0 Å². The average molecular weight is 409 g/mol. The van der Waals surface area contributed by atoms with Gasteiger partial charge in [0.2, 0.25) is 0 Å². The molecule has 4 rings (SSSR count). The topological polar surface area (TPSA) is 33.0 Å². The quantitative estimate of drug-likeness (QED) is 0.536. The SMILES string of the molecule is N#Cc1c(F)cccc1OC1c2ccccc2CCC1C1CCCCCC(P)C1. The number of fused-ring (bicyclic) bond motifs is 1. The third-order valence-corrected chi connectivity index (χ3v) is 7.30. The normalized spacial score (nSPS) is 27.2. The highest BCUT2D eigenvalue weighted by Crippen LogP contribution is 2.46. The lowest BCUT2D eigenvalue weighted by Crippen LogP contribution is -2.32. The van der Waals surface area contributed by atoms with Gasteiger partial charge in [-0.05, 0) is 60.5 Å². The molecule has 1 saturated carbocycles. The molecular formula is C25H29FNOP. The molecule has 2 aliphatic rings. The Kier molecular flexibility index (Phi) is 6.51. The van der Waals surface area contributed by atoms with Crippen LogP contribution < -0.4 is 4.74 Å². The summed E-state index contributed by atoms with van der Waals surface area (Å²) in [5, 5.41) is 9.47. The summed E-state index contributed by atoms with van der Waals surface area (Å²) in [6, 6.07) is 15.1. The van der Waals surface area contributed by atoms with E-state index < -0.39 is 5.82 Å². The van der Waals surface area contributed by atoms with Crippen LogP contribution in [0, 0.1) is 29.0 Å². The molecule has 0 saturated heterocycles. The molecule has 0 N–H and O–H groups in total. The molecule has 2 nitrogen and oxygen atoms in total. The van der Waals surface area contributed by atoms with E-state index in [0.717, 1.165) is 12.8 Å². The third-order valence-electron chi connectivity index (χ3n) is 6.70. The summed E-state index contributed by atoms with van der Waals surface area (Å²) in [7, 11) is 3.05. The van der Waals surface area contributed by atoms with E-state index in [9.17, 15) is 9.65 Å². The lowest BCUT2D eigenvalue weighted by atomic mass is 9.71. The van der Waals surface area contributed by atoms with Crippen molar-refractivity contribution >= 4 is 9.24 Å². The van der Waals surface area contributed by atoms with E-state index in [1.165, 1.54) is 55.7 Å². The molecule has 2 aliphatic carbocycles. The molecule has 0 radical (unpaired) electrons. The number of hydrogen-bond acceptors (Lipinski definition) is 2. The molecule has 0 aliphatic heterocycles. The Morgan fingerprint density at radius 1 is 1.00 bits per heavy atom. The summed E-state index contributed by atoms with van der Waals surface area (Å²) in [6.45, 7) is 0. The van der Waals surface area contributed by atoms with Gasteiger partial charge in [-0.1, -0.05) is 56.0 Å².